The van der Waals surface area contributed by atoms with Crippen LogP contribution in [-0.4, -0.2) is 53.7 Å². The van der Waals surface area contributed by atoms with Gasteiger partial charge in [0.25, 0.3) is 5.92 Å². The minimum absolute atomic E-state index is 0.0777. The first-order chi connectivity index (χ1) is 12.8. The molecule has 1 aromatic rings. The van der Waals surface area contributed by atoms with Gasteiger partial charge in [-0.05, 0) is 37.0 Å². The van der Waals surface area contributed by atoms with Crippen molar-refractivity contribution in [3.05, 3.63) is 35.6 Å². The Labute approximate surface area is 156 Å². The lowest BCUT2D eigenvalue weighted by Gasteiger charge is -2.42. The summed E-state index contributed by atoms with van der Waals surface area (Å²) in [6, 6.07) is 6.00. The van der Waals surface area contributed by atoms with Crippen molar-refractivity contribution in [2.24, 2.45) is 11.3 Å². The Hall–Kier alpha value is -2.05. The molecular formula is C20H23F3N2O2. The Morgan fingerprint density at radius 3 is 2.59 bits per heavy atom. The number of alkyl halides is 2. The van der Waals surface area contributed by atoms with Crippen LogP contribution in [0.25, 0.3) is 0 Å². The van der Waals surface area contributed by atoms with Crippen LogP contribution in [-0.2, 0) is 16.0 Å². The van der Waals surface area contributed by atoms with E-state index in [4.69, 9.17) is 0 Å². The van der Waals surface area contributed by atoms with Crippen molar-refractivity contribution in [3.8, 4) is 0 Å². The van der Waals surface area contributed by atoms with Gasteiger partial charge in [0, 0.05) is 24.4 Å². The average Bonchev–Trinajstić information content (AvgIpc) is 3.20. The monoisotopic (exact) mass is 380 g/mol. The third-order valence-electron chi connectivity index (χ3n) is 6.34. The second-order valence-electron chi connectivity index (χ2n) is 8.23. The lowest BCUT2D eigenvalue weighted by Crippen LogP contribution is -2.60. The van der Waals surface area contributed by atoms with Gasteiger partial charge >= 0.3 is 0 Å². The van der Waals surface area contributed by atoms with Crippen LogP contribution in [0.4, 0.5) is 13.2 Å². The van der Waals surface area contributed by atoms with Crippen LogP contribution in [0.15, 0.2) is 24.3 Å². The van der Waals surface area contributed by atoms with Gasteiger partial charge in [0.15, 0.2) is 0 Å². The summed E-state index contributed by atoms with van der Waals surface area (Å²) in [7, 11) is 0. The van der Waals surface area contributed by atoms with Crippen molar-refractivity contribution < 1.29 is 22.8 Å². The van der Waals surface area contributed by atoms with Gasteiger partial charge in [-0.2, -0.15) is 0 Å². The largest absolute Gasteiger partial charge is 0.342 e. The van der Waals surface area contributed by atoms with E-state index in [1.165, 1.54) is 17.0 Å². The smallest absolute Gasteiger partial charge is 0.282 e. The van der Waals surface area contributed by atoms with Crippen LogP contribution in [0.1, 0.15) is 31.2 Å². The van der Waals surface area contributed by atoms with Crippen molar-refractivity contribution >= 4 is 11.8 Å². The number of carbonyl (C=O) groups is 2. The molecule has 1 spiro atoms. The maximum atomic E-state index is 13.3. The second kappa shape index (κ2) is 6.53. The van der Waals surface area contributed by atoms with Crippen LogP contribution < -0.4 is 0 Å². The molecule has 27 heavy (non-hydrogen) atoms. The molecule has 1 aliphatic carbocycles. The zero-order valence-electron chi connectivity index (χ0n) is 15.1. The highest BCUT2D eigenvalue weighted by atomic mass is 19.3. The molecule has 0 aromatic heterocycles. The summed E-state index contributed by atoms with van der Waals surface area (Å²) < 4.78 is 39.6. The van der Waals surface area contributed by atoms with E-state index in [2.05, 4.69) is 0 Å². The van der Waals surface area contributed by atoms with E-state index in [0.29, 0.717) is 25.1 Å². The van der Waals surface area contributed by atoms with Gasteiger partial charge in [0.05, 0.1) is 19.5 Å². The van der Waals surface area contributed by atoms with Crippen molar-refractivity contribution in [2.45, 2.75) is 38.0 Å². The van der Waals surface area contributed by atoms with Crippen LogP contribution in [0.3, 0.4) is 0 Å². The quantitative estimate of drug-likeness (QED) is 0.809. The molecule has 2 amide bonds. The lowest BCUT2D eigenvalue weighted by molar-refractivity contribution is -0.172. The van der Waals surface area contributed by atoms with Crippen LogP contribution in [0.5, 0.6) is 0 Å². The molecule has 2 saturated heterocycles. The Balaban J connectivity index is 1.41. The topological polar surface area (TPSA) is 40.6 Å². The summed E-state index contributed by atoms with van der Waals surface area (Å²) in [4.78, 5) is 28.4. The summed E-state index contributed by atoms with van der Waals surface area (Å²) in [5.74, 6) is -3.67. The number of carbonyl (C=O) groups excluding carboxylic acids is 2. The maximum Gasteiger partial charge on any atom is 0.282 e. The third-order valence-corrected chi connectivity index (χ3v) is 6.34. The number of nitrogens with zero attached hydrogens (tertiary/aromatic N) is 2. The molecule has 4 rings (SSSR count). The summed E-state index contributed by atoms with van der Waals surface area (Å²) in [6.07, 6.45) is 3.28. The Morgan fingerprint density at radius 2 is 1.89 bits per heavy atom. The number of benzene rings is 1. The normalized spacial score (nSPS) is 29.2. The summed E-state index contributed by atoms with van der Waals surface area (Å²) in [5.41, 5.74) is 0.335. The number of likely N-dealkylation sites (tertiary alicyclic amines) is 2. The fourth-order valence-corrected chi connectivity index (χ4v) is 4.94. The highest BCUT2D eigenvalue weighted by molar-refractivity contribution is 5.82. The van der Waals surface area contributed by atoms with E-state index in [9.17, 15) is 22.8 Å². The standard InChI is InChI=1S/C20H23F3N2O2/c21-15-4-1-3-14(9-15)10-17(26)24-8-7-19(11-24)6-2-5-16(19)18(27)25-12-20(22,23)13-25/h1,3-4,9,16H,2,5-8,10-13H2/t16-,19-/m1/s1. The van der Waals surface area contributed by atoms with Gasteiger partial charge in [0.1, 0.15) is 5.82 Å². The van der Waals surface area contributed by atoms with Gasteiger partial charge in [-0.1, -0.05) is 18.6 Å². The molecule has 3 fully saturated rings. The molecule has 0 bridgehead atoms. The zero-order chi connectivity index (χ0) is 19.2. The van der Waals surface area contributed by atoms with E-state index in [-0.39, 0.29) is 35.4 Å². The number of rotatable bonds is 3. The fourth-order valence-electron chi connectivity index (χ4n) is 4.94. The van der Waals surface area contributed by atoms with Gasteiger partial charge in [-0.25, -0.2) is 13.2 Å². The molecular weight excluding hydrogens is 357 g/mol. The molecule has 1 saturated carbocycles. The number of hydrogen-bond acceptors (Lipinski definition) is 2. The van der Waals surface area contributed by atoms with Crippen LogP contribution in [0.2, 0.25) is 0 Å². The van der Waals surface area contributed by atoms with Gasteiger partial charge < -0.3 is 9.80 Å². The van der Waals surface area contributed by atoms with E-state index >= 15 is 0 Å². The number of amides is 2. The molecule has 2 atom stereocenters. The molecule has 1 aromatic carbocycles. The predicted octanol–water partition coefficient (Wildman–Crippen LogP) is 2.86. The highest BCUT2D eigenvalue weighted by Crippen LogP contribution is 2.51. The van der Waals surface area contributed by atoms with Crippen molar-refractivity contribution in [1.29, 1.82) is 0 Å². The van der Waals surface area contributed by atoms with E-state index < -0.39 is 19.0 Å². The number of hydrogen-bond donors (Lipinski definition) is 0. The molecule has 4 nitrogen and oxygen atoms in total. The fraction of sp³-hybridized carbons (Fsp3) is 0.600. The van der Waals surface area contributed by atoms with Gasteiger partial charge in [-0.15, -0.1) is 0 Å². The SMILES string of the molecule is O=C(Cc1cccc(F)c1)N1CC[C@]2(CCC[C@@H]2C(=O)N2CC(F)(F)C2)C1. The Bertz CT molecular complexity index is 761. The third kappa shape index (κ3) is 3.44. The molecule has 0 N–H and O–H groups in total. The van der Waals surface area contributed by atoms with Crippen molar-refractivity contribution in [3.63, 3.8) is 0 Å². The van der Waals surface area contributed by atoms with Gasteiger partial charge in [0.2, 0.25) is 11.8 Å². The van der Waals surface area contributed by atoms with Crippen molar-refractivity contribution in [1.82, 2.24) is 9.80 Å². The molecule has 0 radical (unpaired) electrons. The molecule has 0 unspecified atom stereocenters. The molecule has 2 heterocycles. The van der Waals surface area contributed by atoms with Crippen LogP contribution in [0, 0.1) is 17.2 Å². The highest BCUT2D eigenvalue weighted by Gasteiger charge is 2.55. The van der Waals surface area contributed by atoms with E-state index in [0.717, 1.165) is 19.3 Å². The molecule has 3 aliphatic rings. The number of halogens is 3. The first-order valence-corrected chi connectivity index (χ1v) is 9.47. The second-order valence-corrected chi connectivity index (χ2v) is 8.23. The van der Waals surface area contributed by atoms with Gasteiger partial charge in [-0.3, -0.25) is 9.59 Å². The van der Waals surface area contributed by atoms with E-state index in [1.54, 1.807) is 17.0 Å². The molecule has 2 aliphatic heterocycles. The minimum atomic E-state index is -2.76. The lowest BCUT2D eigenvalue weighted by atomic mass is 9.76. The zero-order valence-corrected chi connectivity index (χ0v) is 15.1. The minimum Gasteiger partial charge on any atom is -0.342 e. The Morgan fingerprint density at radius 1 is 1.11 bits per heavy atom. The predicted molar refractivity (Wildman–Crippen MR) is 92.6 cm³/mol. The molecule has 7 heteroatoms. The summed E-state index contributed by atoms with van der Waals surface area (Å²) in [6.45, 7) is 0.0805. The summed E-state index contributed by atoms with van der Waals surface area (Å²) >= 11 is 0. The maximum absolute atomic E-state index is 13.3. The molecule has 146 valence electrons. The van der Waals surface area contributed by atoms with Crippen molar-refractivity contribution in [2.75, 3.05) is 26.2 Å². The summed E-state index contributed by atoms with van der Waals surface area (Å²) in [5, 5.41) is 0. The average molecular weight is 380 g/mol. The first-order valence-electron chi connectivity index (χ1n) is 9.47. The van der Waals surface area contributed by atoms with Crippen LogP contribution >= 0.6 is 0 Å². The van der Waals surface area contributed by atoms with E-state index in [1.807, 2.05) is 0 Å². The Kier molecular flexibility index (Phi) is 4.43. The first kappa shape index (κ1) is 18.3.